The number of hydrogen-bond acceptors (Lipinski definition) is 4. The van der Waals surface area contributed by atoms with Crippen molar-refractivity contribution in [1.82, 2.24) is 14.5 Å². The molecule has 7 heteroatoms. The van der Waals surface area contributed by atoms with Gasteiger partial charge < -0.3 is 0 Å². The van der Waals surface area contributed by atoms with Crippen molar-refractivity contribution in [3.8, 4) is 0 Å². The Morgan fingerprint density at radius 3 is 2.88 bits per heavy atom. The van der Waals surface area contributed by atoms with E-state index in [0.717, 1.165) is 5.75 Å². The van der Waals surface area contributed by atoms with Crippen LogP contribution in [-0.4, -0.2) is 46.5 Å². The van der Waals surface area contributed by atoms with Gasteiger partial charge in [-0.25, -0.2) is 8.42 Å². The maximum absolute atomic E-state index is 12.2. The molecule has 1 saturated heterocycles. The molecule has 1 aromatic rings. The molecule has 1 N–H and O–H groups in total. The highest BCUT2D eigenvalue weighted by molar-refractivity contribution is 8.00. The quantitative estimate of drug-likeness (QED) is 0.860. The Bertz CT molecular complexity index is 453. The molecule has 0 amide bonds. The van der Waals surface area contributed by atoms with Gasteiger partial charge in [0.25, 0.3) is 0 Å². The minimum Gasteiger partial charge on any atom is -0.284 e. The highest BCUT2D eigenvalue weighted by atomic mass is 32.2. The molecule has 0 aliphatic carbocycles. The van der Waals surface area contributed by atoms with Gasteiger partial charge in [-0.15, -0.1) is 0 Å². The van der Waals surface area contributed by atoms with E-state index in [2.05, 4.69) is 24.0 Å². The van der Waals surface area contributed by atoms with Crippen LogP contribution in [0.25, 0.3) is 0 Å². The predicted octanol–water partition coefficient (Wildman–Crippen LogP) is 0.926. The van der Waals surface area contributed by atoms with Crippen LogP contribution in [0.4, 0.5) is 0 Å². The summed E-state index contributed by atoms with van der Waals surface area (Å²) in [5.41, 5.74) is 0. The zero-order valence-electron chi connectivity index (χ0n) is 9.30. The summed E-state index contributed by atoms with van der Waals surface area (Å²) in [5, 5.41) is 6.22. The molecule has 16 heavy (non-hydrogen) atoms. The SMILES string of the molecule is CC1(C)CN(S(=O)(=O)c2cn[nH]c2)CCS1. The molecule has 1 aliphatic heterocycles. The van der Waals surface area contributed by atoms with E-state index in [9.17, 15) is 8.42 Å². The van der Waals surface area contributed by atoms with Crippen LogP contribution in [0, 0.1) is 0 Å². The minimum atomic E-state index is -3.36. The van der Waals surface area contributed by atoms with Crippen molar-refractivity contribution in [3.05, 3.63) is 12.4 Å². The summed E-state index contributed by atoms with van der Waals surface area (Å²) >= 11 is 1.81. The molecule has 1 aromatic heterocycles. The molecule has 90 valence electrons. The van der Waals surface area contributed by atoms with Crippen LogP contribution in [0.3, 0.4) is 0 Å². The molecular formula is C9H15N3O2S2. The van der Waals surface area contributed by atoms with Gasteiger partial charge in [-0.05, 0) is 13.8 Å². The van der Waals surface area contributed by atoms with Crippen molar-refractivity contribution in [2.24, 2.45) is 0 Å². The highest BCUT2D eigenvalue weighted by Gasteiger charge is 2.34. The molecule has 0 radical (unpaired) electrons. The molecule has 1 fully saturated rings. The second-order valence-electron chi connectivity index (χ2n) is 4.38. The zero-order valence-corrected chi connectivity index (χ0v) is 10.9. The molecule has 0 unspecified atom stereocenters. The Hall–Kier alpha value is -0.530. The van der Waals surface area contributed by atoms with Crippen LogP contribution in [0.15, 0.2) is 17.3 Å². The van der Waals surface area contributed by atoms with E-state index in [0.29, 0.717) is 13.1 Å². The fourth-order valence-corrected chi connectivity index (χ4v) is 4.53. The van der Waals surface area contributed by atoms with Crippen LogP contribution >= 0.6 is 11.8 Å². The van der Waals surface area contributed by atoms with E-state index in [1.165, 1.54) is 16.7 Å². The maximum atomic E-state index is 12.2. The lowest BCUT2D eigenvalue weighted by Crippen LogP contribution is -2.45. The van der Waals surface area contributed by atoms with Gasteiger partial charge in [-0.1, -0.05) is 0 Å². The van der Waals surface area contributed by atoms with Gasteiger partial charge in [-0.2, -0.15) is 21.2 Å². The Morgan fingerprint density at radius 2 is 2.31 bits per heavy atom. The van der Waals surface area contributed by atoms with Gasteiger partial charge in [0.15, 0.2) is 0 Å². The lowest BCUT2D eigenvalue weighted by atomic mass is 10.2. The third kappa shape index (κ3) is 2.26. The van der Waals surface area contributed by atoms with Crippen molar-refractivity contribution in [2.75, 3.05) is 18.8 Å². The number of H-pyrrole nitrogens is 1. The molecule has 5 nitrogen and oxygen atoms in total. The van der Waals surface area contributed by atoms with Crippen LogP contribution in [-0.2, 0) is 10.0 Å². The average molecular weight is 261 g/mol. The Labute approximate surface area is 99.7 Å². The van der Waals surface area contributed by atoms with Crippen LogP contribution < -0.4 is 0 Å². The number of rotatable bonds is 2. The first kappa shape index (κ1) is 11.9. The maximum Gasteiger partial charge on any atom is 0.246 e. The number of aromatic nitrogens is 2. The van der Waals surface area contributed by atoms with Gasteiger partial charge in [0.2, 0.25) is 10.0 Å². The molecule has 2 rings (SSSR count). The summed E-state index contributed by atoms with van der Waals surface area (Å²) in [5.74, 6) is 0.837. The number of hydrogen-bond donors (Lipinski definition) is 1. The summed E-state index contributed by atoms with van der Waals surface area (Å²) in [6.45, 7) is 5.25. The number of sulfonamides is 1. The van der Waals surface area contributed by atoms with E-state index >= 15 is 0 Å². The second kappa shape index (κ2) is 4.05. The summed E-state index contributed by atoms with van der Waals surface area (Å²) in [4.78, 5) is 0.246. The van der Waals surface area contributed by atoms with E-state index in [1.54, 1.807) is 0 Å². The Morgan fingerprint density at radius 1 is 1.56 bits per heavy atom. The van der Waals surface area contributed by atoms with Gasteiger partial charge in [0.1, 0.15) is 4.90 Å². The topological polar surface area (TPSA) is 66.1 Å². The van der Waals surface area contributed by atoms with Crippen LogP contribution in [0.5, 0.6) is 0 Å². The fraction of sp³-hybridized carbons (Fsp3) is 0.667. The summed E-state index contributed by atoms with van der Waals surface area (Å²) < 4.78 is 25.9. The van der Waals surface area contributed by atoms with Crippen molar-refractivity contribution in [1.29, 1.82) is 0 Å². The van der Waals surface area contributed by atoms with Crippen molar-refractivity contribution < 1.29 is 8.42 Å². The summed E-state index contributed by atoms with van der Waals surface area (Å²) in [6, 6.07) is 0. The Balaban J connectivity index is 2.25. The molecule has 0 atom stereocenters. The van der Waals surface area contributed by atoms with E-state index in [1.807, 2.05) is 11.8 Å². The largest absolute Gasteiger partial charge is 0.284 e. The number of aromatic amines is 1. The predicted molar refractivity (Wildman–Crippen MR) is 63.9 cm³/mol. The minimum absolute atomic E-state index is 0.0188. The fourth-order valence-electron chi connectivity index (χ4n) is 1.71. The van der Waals surface area contributed by atoms with Crippen LogP contribution in [0.2, 0.25) is 0 Å². The van der Waals surface area contributed by atoms with Crippen molar-refractivity contribution in [2.45, 2.75) is 23.5 Å². The van der Waals surface area contributed by atoms with Crippen molar-refractivity contribution >= 4 is 21.8 Å². The number of nitrogens with zero attached hydrogens (tertiary/aromatic N) is 2. The molecule has 0 bridgehead atoms. The van der Waals surface area contributed by atoms with E-state index < -0.39 is 10.0 Å². The van der Waals surface area contributed by atoms with E-state index in [4.69, 9.17) is 0 Å². The Kier molecular flexibility index (Phi) is 3.02. The van der Waals surface area contributed by atoms with Gasteiger partial charge in [-0.3, -0.25) is 5.10 Å². The van der Waals surface area contributed by atoms with Gasteiger partial charge >= 0.3 is 0 Å². The third-order valence-electron chi connectivity index (χ3n) is 2.50. The lowest BCUT2D eigenvalue weighted by molar-refractivity contribution is 0.387. The highest BCUT2D eigenvalue weighted by Crippen LogP contribution is 2.32. The first-order valence-electron chi connectivity index (χ1n) is 5.05. The normalized spacial score (nSPS) is 22.1. The molecule has 0 spiro atoms. The van der Waals surface area contributed by atoms with Crippen molar-refractivity contribution in [3.63, 3.8) is 0 Å². The molecule has 0 aromatic carbocycles. The van der Waals surface area contributed by atoms with E-state index in [-0.39, 0.29) is 9.64 Å². The number of thioether (sulfide) groups is 1. The first-order valence-corrected chi connectivity index (χ1v) is 7.47. The molecule has 2 heterocycles. The molecular weight excluding hydrogens is 246 g/mol. The monoisotopic (exact) mass is 261 g/mol. The second-order valence-corrected chi connectivity index (χ2v) is 8.12. The molecule has 1 aliphatic rings. The lowest BCUT2D eigenvalue weighted by Gasteiger charge is -2.36. The summed E-state index contributed by atoms with van der Waals surface area (Å²) in [6.07, 6.45) is 2.77. The number of nitrogens with one attached hydrogen (secondary N) is 1. The van der Waals surface area contributed by atoms with Crippen LogP contribution in [0.1, 0.15) is 13.8 Å². The zero-order chi connectivity index (χ0) is 11.8. The summed E-state index contributed by atoms with van der Waals surface area (Å²) in [7, 11) is -3.36. The smallest absolute Gasteiger partial charge is 0.246 e. The molecule has 0 saturated carbocycles. The first-order chi connectivity index (χ1) is 7.42. The average Bonchev–Trinajstić information content (AvgIpc) is 2.69. The van der Waals surface area contributed by atoms with Gasteiger partial charge in [0.05, 0.1) is 6.20 Å². The van der Waals surface area contributed by atoms with Gasteiger partial charge in [0, 0.05) is 29.8 Å². The third-order valence-corrected chi connectivity index (χ3v) is 5.61. The standard InChI is InChI=1S/C9H15N3O2S2/c1-9(2)7-12(3-4-15-9)16(13,14)8-5-10-11-6-8/h5-6H,3-4,7H2,1-2H3,(H,10,11).